The van der Waals surface area contributed by atoms with Crippen LogP contribution in [0.15, 0.2) is 52.9 Å². The number of ether oxygens (including phenoxy) is 3. The van der Waals surface area contributed by atoms with Crippen molar-refractivity contribution in [3.8, 4) is 28.7 Å². The Labute approximate surface area is 234 Å². The average Bonchev–Trinajstić information content (AvgIpc) is 2.93. The molecule has 214 valence electrons. The van der Waals surface area contributed by atoms with E-state index in [2.05, 4.69) is 12.2 Å². The summed E-state index contributed by atoms with van der Waals surface area (Å²) in [6.07, 6.45) is 8.62. The minimum atomic E-state index is -0.533. The monoisotopic (exact) mass is 550 g/mol. The van der Waals surface area contributed by atoms with Gasteiger partial charge in [-0.1, -0.05) is 31.8 Å². The molecular weight excluding hydrogens is 512 g/mol. The summed E-state index contributed by atoms with van der Waals surface area (Å²) in [4.78, 5) is 25.9. The van der Waals surface area contributed by atoms with E-state index in [1.165, 1.54) is 24.9 Å². The van der Waals surface area contributed by atoms with Crippen LogP contribution in [0.2, 0.25) is 0 Å². The van der Waals surface area contributed by atoms with E-state index in [1.54, 1.807) is 36.4 Å². The molecule has 0 radical (unpaired) electrons. The van der Waals surface area contributed by atoms with E-state index >= 15 is 0 Å². The molecule has 0 unspecified atom stereocenters. The van der Waals surface area contributed by atoms with Crippen molar-refractivity contribution in [2.75, 3.05) is 26.1 Å². The molecule has 1 aromatic heterocycles. The Morgan fingerprint density at radius 3 is 2.33 bits per heavy atom. The van der Waals surface area contributed by atoms with Crippen molar-refractivity contribution in [3.63, 3.8) is 0 Å². The van der Waals surface area contributed by atoms with E-state index in [4.69, 9.17) is 14.2 Å². The molecular formula is C31H38N2O7. The average molecular weight is 551 g/mol. The third kappa shape index (κ3) is 7.37. The Balaban J connectivity index is 1.94. The van der Waals surface area contributed by atoms with Gasteiger partial charge in [0.15, 0.2) is 17.2 Å². The number of anilines is 1. The zero-order chi connectivity index (χ0) is 29.2. The second-order valence-electron chi connectivity index (χ2n) is 9.62. The fourth-order valence-corrected chi connectivity index (χ4v) is 4.21. The molecule has 3 rings (SSSR count). The molecule has 9 heteroatoms. The first-order chi connectivity index (χ1) is 19.2. The minimum absolute atomic E-state index is 0.121. The third-order valence-corrected chi connectivity index (χ3v) is 6.35. The predicted molar refractivity (Wildman–Crippen MR) is 158 cm³/mol. The van der Waals surface area contributed by atoms with Gasteiger partial charge in [-0.15, -0.1) is 0 Å². The summed E-state index contributed by atoms with van der Waals surface area (Å²) in [5.74, 6) is -0.395. The number of aromatic hydroxyl groups is 2. The van der Waals surface area contributed by atoms with Crippen molar-refractivity contribution in [2.24, 2.45) is 0 Å². The fourth-order valence-electron chi connectivity index (χ4n) is 4.21. The normalized spacial score (nSPS) is 11.0. The summed E-state index contributed by atoms with van der Waals surface area (Å²) in [5.41, 5.74) is 2.15. The molecule has 0 atom stereocenters. The number of phenolic OH excluding ortho intramolecular Hbond substituents is 1. The first-order valence-corrected chi connectivity index (χ1v) is 13.3. The molecule has 0 saturated heterocycles. The lowest BCUT2D eigenvalue weighted by Crippen LogP contribution is -2.21. The Kier molecular flexibility index (Phi) is 10.6. The third-order valence-electron chi connectivity index (χ3n) is 6.35. The van der Waals surface area contributed by atoms with Gasteiger partial charge in [-0.25, -0.2) is 0 Å². The molecule has 3 aromatic rings. The summed E-state index contributed by atoms with van der Waals surface area (Å²) in [6.45, 7) is 6.63. The number of fused-ring (bicyclic) bond motifs is 1. The van der Waals surface area contributed by atoms with Crippen LogP contribution in [0.3, 0.4) is 0 Å². The molecule has 1 heterocycles. The highest BCUT2D eigenvalue weighted by atomic mass is 16.5. The van der Waals surface area contributed by atoms with Crippen LogP contribution in [0.1, 0.15) is 52.0 Å². The maximum atomic E-state index is 13.2. The first kappa shape index (κ1) is 30.1. The molecule has 1 amide bonds. The lowest BCUT2D eigenvalue weighted by atomic mass is 10.1. The van der Waals surface area contributed by atoms with Gasteiger partial charge in [0.1, 0.15) is 6.61 Å². The van der Waals surface area contributed by atoms with Crippen molar-refractivity contribution < 1.29 is 29.2 Å². The number of rotatable bonds is 13. The number of carbonyl (C=O) groups excluding carboxylic acids is 1. The van der Waals surface area contributed by atoms with Crippen LogP contribution in [0.5, 0.6) is 28.7 Å². The van der Waals surface area contributed by atoms with Crippen LogP contribution < -0.4 is 25.1 Å². The number of hydrogen-bond acceptors (Lipinski definition) is 7. The topological polar surface area (TPSA) is 119 Å². The highest BCUT2D eigenvalue weighted by Gasteiger charge is 2.18. The van der Waals surface area contributed by atoms with Gasteiger partial charge in [0.2, 0.25) is 17.4 Å². The summed E-state index contributed by atoms with van der Waals surface area (Å²) in [6, 6.07) is 8.29. The van der Waals surface area contributed by atoms with Crippen LogP contribution in [-0.2, 0) is 11.3 Å². The smallest absolute Gasteiger partial charge is 0.297 e. The van der Waals surface area contributed by atoms with Gasteiger partial charge >= 0.3 is 0 Å². The molecule has 0 aliphatic heterocycles. The molecule has 2 aromatic carbocycles. The Morgan fingerprint density at radius 2 is 1.70 bits per heavy atom. The number of hydrogen-bond donors (Lipinski definition) is 3. The van der Waals surface area contributed by atoms with E-state index in [-0.39, 0.29) is 29.6 Å². The van der Waals surface area contributed by atoms with Gasteiger partial charge in [0.25, 0.3) is 5.56 Å². The van der Waals surface area contributed by atoms with E-state index in [1.807, 2.05) is 19.9 Å². The molecule has 40 heavy (non-hydrogen) atoms. The van der Waals surface area contributed by atoms with Crippen LogP contribution in [-0.4, -0.2) is 41.5 Å². The number of allylic oxidation sites excluding steroid dienone is 1. The first-order valence-electron chi connectivity index (χ1n) is 13.3. The number of aromatic nitrogens is 1. The summed E-state index contributed by atoms with van der Waals surface area (Å²) >= 11 is 0. The van der Waals surface area contributed by atoms with E-state index in [9.17, 15) is 19.8 Å². The Hall–Kier alpha value is -4.40. The van der Waals surface area contributed by atoms with Crippen molar-refractivity contribution in [1.29, 1.82) is 0 Å². The lowest BCUT2D eigenvalue weighted by Gasteiger charge is -2.16. The maximum Gasteiger partial charge on any atom is 0.297 e. The summed E-state index contributed by atoms with van der Waals surface area (Å²) in [7, 11) is 2.85. The standard InChI is InChI=1S/C31H38N2O7/c1-6-7-8-9-15-33-24-19-22(11-12-23(24)30(29(36)31(33)37)40-16-14-20(2)3)32-27(34)13-10-21-17-25(38-4)28(35)26(18-21)39-5/h10-14,17-19,35-36H,6-9,15-16H2,1-5H3,(H,32,34). The lowest BCUT2D eigenvalue weighted by molar-refractivity contribution is -0.111. The van der Waals surface area contributed by atoms with Gasteiger partial charge < -0.3 is 34.3 Å². The second kappa shape index (κ2) is 14.1. The summed E-state index contributed by atoms with van der Waals surface area (Å²) < 4.78 is 17.7. The van der Waals surface area contributed by atoms with E-state index < -0.39 is 17.2 Å². The number of amides is 1. The van der Waals surface area contributed by atoms with Gasteiger partial charge in [0.05, 0.1) is 19.7 Å². The van der Waals surface area contributed by atoms with Crippen LogP contribution in [0, 0.1) is 0 Å². The van der Waals surface area contributed by atoms with Crippen LogP contribution in [0.4, 0.5) is 5.69 Å². The van der Waals surface area contributed by atoms with Crippen molar-refractivity contribution in [2.45, 2.75) is 53.0 Å². The van der Waals surface area contributed by atoms with Crippen molar-refractivity contribution in [1.82, 2.24) is 4.57 Å². The molecule has 3 N–H and O–H groups in total. The molecule has 9 nitrogen and oxygen atoms in total. The number of unbranched alkanes of at least 4 members (excludes halogenated alkanes) is 3. The highest BCUT2D eigenvalue weighted by molar-refractivity contribution is 6.03. The van der Waals surface area contributed by atoms with Crippen molar-refractivity contribution in [3.05, 3.63) is 64.0 Å². The number of pyridine rings is 1. The number of nitrogens with zero attached hydrogens (tertiary/aromatic N) is 1. The number of phenols is 1. The van der Waals surface area contributed by atoms with E-state index in [0.717, 1.165) is 31.3 Å². The predicted octanol–water partition coefficient (Wildman–Crippen LogP) is 6.01. The van der Waals surface area contributed by atoms with Gasteiger partial charge in [-0.05, 0) is 68.3 Å². The number of benzene rings is 2. The molecule has 0 fully saturated rings. The minimum Gasteiger partial charge on any atom is -0.502 e. The fraction of sp³-hybridized carbons (Fsp3) is 0.355. The quantitative estimate of drug-likeness (QED) is 0.136. The zero-order valence-corrected chi connectivity index (χ0v) is 23.7. The highest BCUT2D eigenvalue weighted by Crippen LogP contribution is 2.37. The molecule has 0 spiro atoms. The Morgan fingerprint density at radius 1 is 1.00 bits per heavy atom. The Bertz CT molecular complexity index is 1440. The number of aryl methyl sites for hydroxylation is 1. The molecule has 0 aliphatic carbocycles. The van der Waals surface area contributed by atoms with Crippen molar-refractivity contribution >= 4 is 28.6 Å². The maximum absolute atomic E-state index is 13.2. The molecule has 0 saturated carbocycles. The molecule has 0 bridgehead atoms. The summed E-state index contributed by atoms with van der Waals surface area (Å²) in [5, 5.41) is 24.2. The van der Waals surface area contributed by atoms with Gasteiger partial charge in [-0.2, -0.15) is 0 Å². The number of carbonyl (C=O) groups is 1. The largest absolute Gasteiger partial charge is 0.502 e. The van der Waals surface area contributed by atoms with E-state index in [0.29, 0.717) is 28.7 Å². The second-order valence-corrected chi connectivity index (χ2v) is 9.62. The SMILES string of the molecule is CCCCCCn1c(=O)c(O)c(OCC=C(C)C)c2ccc(NC(=O)C=Cc3cc(OC)c(O)c(OC)c3)cc21. The zero-order valence-electron chi connectivity index (χ0n) is 23.7. The number of methoxy groups -OCH3 is 2. The van der Waals surface area contributed by atoms with Crippen LogP contribution >= 0.6 is 0 Å². The van der Waals surface area contributed by atoms with Gasteiger partial charge in [-0.3, -0.25) is 9.59 Å². The van der Waals surface area contributed by atoms with Crippen LogP contribution in [0.25, 0.3) is 17.0 Å². The number of nitrogens with one attached hydrogen (secondary N) is 1. The van der Waals surface area contributed by atoms with Gasteiger partial charge in [0, 0.05) is 23.7 Å². The molecule has 0 aliphatic rings.